The smallest absolute Gasteiger partial charge is 0.220 e. The Kier molecular flexibility index (Phi) is 4.75. The molecule has 0 spiro atoms. The molecule has 1 aromatic rings. The van der Waals surface area contributed by atoms with Gasteiger partial charge in [-0.05, 0) is 18.6 Å². The summed E-state index contributed by atoms with van der Waals surface area (Å²) in [5.74, 6) is -0.346. The van der Waals surface area contributed by atoms with Gasteiger partial charge in [0.15, 0.2) is 0 Å². The molecule has 0 aliphatic heterocycles. The fraction of sp³-hybridized carbons (Fsp3) is 0.364. The lowest BCUT2D eigenvalue weighted by atomic mass is 10.2. The first-order chi connectivity index (χ1) is 7.13. The van der Waals surface area contributed by atoms with E-state index in [4.69, 9.17) is 0 Å². The van der Waals surface area contributed by atoms with Crippen LogP contribution in [0.3, 0.4) is 0 Å². The third-order valence-corrected chi connectivity index (χ3v) is 2.46. The molecule has 82 valence electrons. The fourth-order valence-electron chi connectivity index (χ4n) is 1.17. The number of carbonyl (C=O) groups excluding carboxylic acids is 1. The number of hydrogen-bond donors (Lipinski definition) is 1. The molecule has 0 unspecified atom stereocenters. The van der Waals surface area contributed by atoms with E-state index >= 15 is 0 Å². The maximum atomic E-state index is 13.3. The van der Waals surface area contributed by atoms with Crippen molar-refractivity contribution >= 4 is 21.8 Å². The Balaban J connectivity index is 2.54. The molecule has 1 rings (SSSR count). The summed E-state index contributed by atoms with van der Waals surface area (Å²) >= 11 is 3.17. The highest BCUT2D eigenvalue weighted by Gasteiger charge is 2.04. The quantitative estimate of drug-likeness (QED) is 0.898. The summed E-state index contributed by atoms with van der Waals surface area (Å²) in [6, 6.07) is 4.80. The molecule has 0 aromatic heterocycles. The van der Waals surface area contributed by atoms with Crippen molar-refractivity contribution in [3.63, 3.8) is 0 Å². The molecule has 1 aromatic carbocycles. The third-order valence-electron chi connectivity index (χ3n) is 1.97. The van der Waals surface area contributed by atoms with Crippen molar-refractivity contribution < 1.29 is 9.18 Å². The molecule has 0 fully saturated rings. The minimum absolute atomic E-state index is 0.0418. The standard InChI is InChI=1S/C11H13BrFNO/c1-2-3-11(15)14-7-8-4-5-9(12)6-10(8)13/h4-6H,2-3,7H2,1H3,(H,14,15). The SMILES string of the molecule is CCCC(=O)NCc1ccc(Br)cc1F. The van der Waals surface area contributed by atoms with Crippen LogP contribution in [-0.4, -0.2) is 5.91 Å². The summed E-state index contributed by atoms with van der Waals surface area (Å²) in [5, 5.41) is 2.67. The minimum Gasteiger partial charge on any atom is -0.352 e. The molecule has 0 atom stereocenters. The number of amides is 1. The van der Waals surface area contributed by atoms with Crippen LogP contribution in [0.2, 0.25) is 0 Å². The number of hydrogen-bond acceptors (Lipinski definition) is 1. The zero-order chi connectivity index (χ0) is 11.3. The largest absolute Gasteiger partial charge is 0.352 e. The second-order valence-corrected chi connectivity index (χ2v) is 4.18. The molecule has 0 saturated carbocycles. The Bertz CT molecular complexity index is 354. The zero-order valence-electron chi connectivity index (χ0n) is 8.52. The van der Waals surface area contributed by atoms with Crippen molar-refractivity contribution in [2.45, 2.75) is 26.3 Å². The van der Waals surface area contributed by atoms with Gasteiger partial charge in [-0.2, -0.15) is 0 Å². The highest BCUT2D eigenvalue weighted by atomic mass is 79.9. The zero-order valence-corrected chi connectivity index (χ0v) is 10.1. The fourth-order valence-corrected chi connectivity index (χ4v) is 1.51. The van der Waals surface area contributed by atoms with Crippen molar-refractivity contribution in [2.24, 2.45) is 0 Å². The van der Waals surface area contributed by atoms with Crippen LogP contribution < -0.4 is 5.32 Å². The monoisotopic (exact) mass is 273 g/mol. The Morgan fingerprint density at radius 1 is 1.53 bits per heavy atom. The highest BCUT2D eigenvalue weighted by molar-refractivity contribution is 9.10. The molecule has 0 heterocycles. The maximum Gasteiger partial charge on any atom is 0.220 e. The number of benzene rings is 1. The first-order valence-corrected chi connectivity index (χ1v) is 5.63. The van der Waals surface area contributed by atoms with Crippen LogP contribution in [0, 0.1) is 5.82 Å². The Labute approximate surface area is 97.0 Å². The Morgan fingerprint density at radius 2 is 2.27 bits per heavy atom. The second kappa shape index (κ2) is 5.85. The molecule has 0 radical (unpaired) electrons. The van der Waals surface area contributed by atoms with Crippen LogP contribution in [0.25, 0.3) is 0 Å². The first-order valence-electron chi connectivity index (χ1n) is 4.84. The van der Waals surface area contributed by atoms with Gasteiger partial charge in [-0.1, -0.05) is 28.9 Å². The summed E-state index contributed by atoms with van der Waals surface area (Å²) in [5.41, 5.74) is 0.502. The molecule has 0 bridgehead atoms. The van der Waals surface area contributed by atoms with E-state index in [1.165, 1.54) is 6.07 Å². The lowest BCUT2D eigenvalue weighted by Crippen LogP contribution is -2.22. The Hall–Kier alpha value is -0.900. The summed E-state index contributed by atoms with van der Waals surface area (Å²) < 4.78 is 14.0. The average molecular weight is 274 g/mol. The molecular formula is C11H13BrFNO. The van der Waals surface area contributed by atoms with E-state index in [-0.39, 0.29) is 18.3 Å². The van der Waals surface area contributed by atoms with E-state index < -0.39 is 0 Å². The molecule has 4 heteroatoms. The number of nitrogens with one attached hydrogen (secondary N) is 1. The Morgan fingerprint density at radius 3 is 2.87 bits per heavy atom. The predicted octanol–water partition coefficient (Wildman–Crippen LogP) is 3.00. The van der Waals surface area contributed by atoms with Crippen molar-refractivity contribution in [1.82, 2.24) is 5.32 Å². The number of carbonyl (C=O) groups is 1. The summed E-state index contributed by atoms with van der Waals surface area (Å²) in [4.78, 5) is 11.2. The molecule has 1 N–H and O–H groups in total. The normalized spacial score (nSPS) is 10.1. The van der Waals surface area contributed by atoms with Crippen LogP contribution >= 0.6 is 15.9 Å². The predicted molar refractivity (Wildman–Crippen MR) is 60.9 cm³/mol. The van der Waals surface area contributed by atoms with E-state index in [9.17, 15) is 9.18 Å². The molecule has 0 aliphatic rings. The summed E-state index contributed by atoms with van der Waals surface area (Å²) in [6.45, 7) is 2.18. The molecule has 0 aliphatic carbocycles. The van der Waals surface area contributed by atoms with Crippen molar-refractivity contribution in [3.8, 4) is 0 Å². The van der Waals surface area contributed by atoms with E-state index in [0.717, 1.165) is 6.42 Å². The third kappa shape index (κ3) is 4.00. The van der Waals surface area contributed by atoms with Gasteiger partial charge in [0.25, 0.3) is 0 Å². The summed E-state index contributed by atoms with van der Waals surface area (Å²) in [6.07, 6.45) is 1.28. The second-order valence-electron chi connectivity index (χ2n) is 3.26. The molecule has 2 nitrogen and oxygen atoms in total. The lowest BCUT2D eigenvalue weighted by Gasteiger charge is -2.05. The van der Waals surface area contributed by atoms with Gasteiger partial charge in [0, 0.05) is 23.0 Å². The molecule has 0 saturated heterocycles. The molecule has 1 amide bonds. The topological polar surface area (TPSA) is 29.1 Å². The van der Waals surface area contributed by atoms with Crippen molar-refractivity contribution in [2.75, 3.05) is 0 Å². The van der Waals surface area contributed by atoms with Gasteiger partial charge in [-0.25, -0.2) is 4.39 Å². The van der Waals surface area contributed by atoms with E-state index in [0.29, 0.717) is 16.5 Å². The lowest BCUT2D eigenvalue weighted by molar-refractivity contribution is -0.121. The van der Waals surface area contributed by atoms with E-state index in [1.54, 1.807) is 12.1 Å². The van der Waals surface area contributed by atoms with Crippen molar-refractivity contribution in [1.29, 1.82) is 0 Å². The van der Waals surface area contributed by atoms with Gasteiger partial charge in [-0.3, -0.25) is 4.79 Å². The summed E-state index contributed by atoms with van der Waals surface area (Å²) in [7, 11) is 0. The van der Waals surface area contributed by atoms with E-state index in [2.05, 4.69) is 21.2 Å². The van der Waals surface area contributed by atoms with Crippen LogP contribution in [0.15, 0.2) is 22.7 Å². The maximum absolute atomic E-state index is 13.3. The van der Waals surface area contributed by atoms with Gasteiger partial charge in [0.2, 0.25) is 5.91 Å². The van der Waals surface area contributed by atoms with Crippen LogP contribution in [0.5, 0.6) is 0 Å². The van der Waals surface area contributed by atoms with Gasteiger partial charge in [0.05, 0.1) is 0 Å². The molecule has 15 heavy (non-hydrogen) atoms. The first kappa shape index (κ1) is 12.2. The van der Waals surface area contributed by atoms with Gasteiger partial charge in [-0.15, -0.1) is 0 Å². The van der Waals surface area contributed by atoms with Gasteiger partial charge < -0.3 is 5.32 Å². The van der Waals surface area contributed by atoms with Crippen LogP contribution in [0.1, 0.15) is 25.3 Å². The number of rotatable bonds is 4. The average Bonchev–Trinajstić information content (AvgIpc) is 2.17. The van der Waals surface area contributed by atoms with Gasteiger partial charge >= 0.3 is 0 Å². The van der Waals surface area contributed by atoms with Crippen molar-refractivity contribution in [3.05, 3.63) is 34.1 Å². The van der Waals surface area contributed by atoms with Crippen LogP contribution in [-0.2, 0) is 11.3 Å². The van der Waals surface area contributed by atoms with Gasteiger partial charge in [0.1, 0.15) is 5.82 Å². The van der Waals surface area contributed by atoms with E-state index in [1.807, 2.05) is 6.92 Å². The highest BCUT2D eigenvalue weighted by Crippen LogP contribution is 2.14. The minimum atomic E-state index is -0.304. The van der Waals surface area contributed by atoms with Crippen LogP contribution in [0.4, 0.5) is 4.39 Å². The molecular weight excluding hydrogens is 261 g/mol. The number of halogens is 2.